The molecule has 0 saturated carbocycles. The average Bonchev–Trinajstić information content (AvgIpc) is 2.78. The van der Waals surface area contributed by atoms with Gasteiger partial charge in [0, 0.05) is 6.54 Å². The zero-order valence-electron chi connectivity index (χ0n) is 19.1. The van der Waals surface area contributed by atoms with Crippen molar-refractivity contribution in [3.63, 3.8) is 0 Å². The van der Waals surface area contributed by atoms with Crippen LogP contribution in [0.25, 0.3) is 0 Å². The third-order valence-corrected chi connectivity index (χ3v) is 3.55. The Labute approximate surface area is 185 Å². The number of esters is 1. The van der Waals surface area contributed by atoms with Gasteiger partial charge in [-0.3, -0.25) is 0 Å². The molecule has 0 atom stereocenters. The van der Waals surface area contributed by atoms with Crippen molar-refractivity contribution in [1.29, 1.82) is 0 Å². The van der Waals surface area contributed by atoms with Gasteiger partial charge in [-0.25, -0.2) is 4.79 Å². The molecule has 0 unspecified atom stereocenters. The molecular formula is C20H41NO10. The van der Waals surface area contributed by atoms with Crippen LogP contribution in [0.2, 0.25) is 0 Å². The second-order valence-corrected chi connectivity index (χ2v) is 6.02. The Morgan fingerprint density at radius 2 is 0.806 bits per heavy atom. The summed E-state index contributed by atoms with van der Waals surface area (Å²) >= 11 is 0. The first-order valence-electron chi connectivity index (χ1n) is 10.6. The van der Waals surface area contributed by atoms with E-state index < -0.39 is 5.97 Å². The third kappa shape index (κ3) is 27.1. The van der Waals surface area contributed by atoms with E-state index in [0.29, 0.717) is 99.1 Å². The first-order valence-corrected chi connectivity index (χ1v) is 10.6. The highest BCUT2D eigenvalue weighted by atomic mass is 16.6. The predicted octanol–water partition coefficient (Wildman–Crippen LogP) is -0.488. The Kier molecular flexibility index (Phi) is 26.4. The molecule has 0 aliphatic carbocycles. The van der Waals surface area contributed by atoms with Crippen LogP contribution in [0.3, 0.4) is 0 Å². The molecule has 11 heteroatoms. The zero-order chi connectivity index (χ0) is 22.7. The fourth-order valence-electron chi connectivity index (χ4n) is 1.93. The van der Waals surface area contributed by atoms with Gasteiger partial charge < -0.3 is 47.9 Å². The van der Waals surface area contributed by atoms with Crippen molar-refractivity contribution >= 4 is 5.97 Å². The van der Waals surface area contributed by atoms with Crippen LogP contribution in [0.4, 0.5) is 0 Å². The molecule has 186 valence electrons. The van der Waals surface area contributed by atoms with Gasteiger partial charge in [-0.05, 0) is 7.05 Å². The summed E-state index contributed by atoms with van der Waals surface area (Å²) in [4.78, 5) is 10.8. The van der Waals surface area contributed by atoms with Crippen molar-refractivity contribution in [3.8, 4) is 0 Å². The average molecular weight is 456 g/mol. The maximum absolute atomic E-state index is 10.8. The van der Waals surface area contributed by atoms with Gasteiger partial charge in [0.25, 0.3) is 0 Å². The van der Waals surface area contributed by atoms with Crippen LogP contribution in [0.5, 0.6) is 0 Å². The monoisotopic (exact) mass is 455 g/mol. The highest BCUT2D eigenvalue weighted by Crippen LogP contribution is 1.86. The van der Waals surface area contributed by atoms with Crippen molar-refractivity contribution in [2.75, 3.05) is 126 Å². The number of methoxy groups -OCH3 is 1. The second-order valence-electron chi connectivity index (χ2n) is 6.02. The lowest BCUT2D eigenvalue weighted by Gasteiger charge is -2.08. The SMILES string of the molecule is CNCCOCCOCCOCCOCCOCCOCCOCCOCC(=O)OC. The molecule has 0 rings (SSSR count). The van der Waals surface area contributed by atoms with Gasteiger partial charge in [0.1, 0.15) is 6.61 Å². The number of carbonyl (C=O) groups is 1. The second kappa shape index (κ2) is 27.1. The molecule has 0 aromatic carbocycles. The van der Waals surface area contributed by atoms with Crippen molar-refractivity contribution in [2.45, 2.75) is 0 Å². The molecule has 0 radical (unpaired) electrons. The minimum absolute atomic E-state index is 0.0621. The third-order valence-electron chi connectivity index (χ3n) is 3.55. The van der Waals surface area contributed by atoms with Crippen LogP contribution < -0.4 is 5.32 Å². The lowest BCUT2D eigenvalue weighted by molar-refractivity contribution is -0.146. The number of likely N-dealkylation sites (N-methyl/N-ethyl adjacent to an activating group) is 1. The molecule has 0 aliphatic heterocycles. The lowest BCUT2D eigenvalue weighted by atomic mass is 10.6. The number of rotatable bonds is 26. The number of hydrogen-bond acceptors (Lipinski definition) is 11. The van der Waals surface area contributed by atoms with Crippen molar-refractivity contribution in [3.05, 3.63) is 0 Å². The van der Waals surface area contributed by atoms with E-state index in [1.807, 2.05) is 7.05 Å². The highest BCUT2D eigenvalue weighted by Gasteiger charge is 1.99. The summed E-state index contributed by atoms with van der Waals surface area (Å²) in [5.41, 5.74) is 0. The van der Waals surface area contributed by atoms with Crippen LogP contribution in [-0.4, -0.2) is 132 Å². The molecule has 31 heavy (non-hydrogen) atoms. The predicted molar refractivity (Wildman–Crippen MR) is 112 cm³/mol. The number of hydrogen-bond donors (Lipinski definition) is 1. The van der Waals surface area contributed by atoms with Gasteiger partial charge in [0.05, 0.1) is 106 Å². The number of nitrogens with one attached hydrogen (secondary N) is 1. The molecule has 0 aliphatic rings. The summed E-state index contributed by atoms with van der Waals surface area (Å²) in [7, 11) is 3.21. The van der Waals surface area contributed by atoms with Crippen molar-refractivity contribution in [2.24, 2.45) is 0 Å². The van der Waals surface area contributed by atoms with E-state index in [4.69, 9.17) is 37.9 Å². The Hall–Kier alpha value is -0.890. The summed E-state index contributed by atoms with van der Waals surface area (Å²) in [6.07, 6.45) is 0. The van der Waals surface area contributed by atoms with Crippen molar-refractivity contribution < 1.29 is 47.4 Å². The molecule has 0 bridgehead atoms. The number of carbonyl (C=O) groups excluding carboxylic acids is 1. The maximum atomic E-state index is 10.8. The molecule has 0 amide bonds. The summed E-state index contributed by atoms with van der Waals surface area (Å²) < 4.78 is 47.1. The van der Waals surface area contributed by atoms with E-state index in [2.05, 4.69) is 10.1 Å². The van der Waals surface area contributed by atoms with Gasteiger partial charge in [-0.2, -0.15) is 0 Å². The van der Waals surface area contributed by atoms with Gasteiger partial charge in [0.15, 0.2) is 0 Å². The van der Waals surface area contributed by atoms with E-state index in [-0.39, 0.29) is 6.61 Å². The van der Waals surface area contributed by atoms with E-state index in [1.54, 1.807) is 0 Å². The zero-order valence-corrected chi connectivity index (χ0v) is 19.1. The molecule has 11 nitrogen and oxygen atoms in total. The van der Waals surface area contributed by atoms with E-state index >= 15 is 0 Å². The Morgan fingerprint density at radius 3 is 1.10 bits per heavy atom. The van der Waals surface area contributed by atoms with E-state index in [1.165, 1.54) is 7.11 Å². The Balaban J connectivity index is 3.01. The first kappa shape index (κ1) is 30.1. The van der Waals surface area contributed by atoms with Gasteiger partial charge >= 0.3 is 5.97 Å². The van der Waals surface area contributed by atoms with E-state index in [0.717, 1.165) is 6.54 Å². The number of ether oxygens (including phenoxy) is 9. The summed E-state index contributed by atoms with van der Waals surface area (Å²) in [6, 6.07) is 0. The fourth-order valence-corrected chi connectivity index (χ4v) is 1.93. The molecule has 1 N–H and O–H groups in total. The summed E-state index contributed by atoms with van der Waals surface area (Å²) in [5, 5.41) is 3.01. The largest absolute Gasteiger partial charge is 0.467 e. The smallest absolute Gasteiger partial charge is 0.331 e. The standard InChI is InChI=1S/C20H41NO10/c1-21-3-4-24-5-6-25-7-8-26-9-10-27-11-12-28-13-14-29-15-16-30-17-18-31-19-20(22)23-2/h21H,3-19H2,1-2H3. The van der Waals surface area contributed by atoms with Crippen LogP contribution in [0.15, 0.2) is 0 Å². The van der Waals surface area contributed by atoms with Crippen LogP contribution >= 0.6 is 0 Å². The molecule has 0 fully saturated rings. The van der Waals surface area contributed by atoms with E-state index in [9.17, 15) is 4.79 Å². The van der Waals surface area contributed by atoms with Crippen LogP contribution in [0, 0.1) is 0 Å². The molecule has 0 heterocycles. The lowest BCUT2D eigenvalue weighted by Crippen LogP contribution is -2.17. The quantitative estimate of drug-likeness (QED) is 0.135. The van der Waals surface area contributed by atoms with Crippen LogP contribution in [0.1, 0.15) is 0 Å². The Morgan fingerprint density at radius 1 is 0.516 bits per heavy atom. The highest BCUT2D eigenvalue weighted by molar-refractivity contribution is 5.70. The van der Waals surface area contributed by atoms with Gasteiger partial charge in [-0.1, -0.05) is 0 Å². The molecule has 0 aromatic heterocycles. The molecular weight excluding hydrogens is 414 g/mol. The maximum Gasteiger partial charge on any atom is 0.331 e. The Bertz CT molecular complexity index is 363. The summed E-state index contributed by atoms with van der Waals surface area (Å²) in [5.74, 6) is -0.402. The van der Waals surface area contributed by atoms with Gasteiger partial charge in [-0.15, -0.1) is 0 Å². The minimum atomic E-state index is -0.402. The normalized spacial score (nSPS) is 11.2. The minimum Gasteiger partial charge on any atom is -0.467 e. The van der Waals surface area contributed by atoms with Crippen LogP contribution in [-0.2, 0) is 47.4 Å². The molecule has 0 saturated heterocycles. The molecule has 0 spiro atoms. The molecule has 0 aromatic rings. The van der Waals surface area contributed by atoms with Gasteiger partial charge in [0.2, 0.25) is 0 Å². The fraction of sp³-hybridized carbons (Fsp3) is 0.950. The first-order chi connectivity index (χ1) is 15.3. The summed E-state index contributed by atoms with van der Waals surface area (Å²) in [6.45, 7) is 8.46. The topological polar surface area (TPSA) is 112 Å². The van der Waals surface area contributed by atoms with Crippen molar-refractivity contribution in [1.82, 2.24) is 5.32 Å².